The van der Waals surface area contributed by atoms with Crippen LogP contribution in [0.2, 0.25) is 0 Å². The van der Waals surface area contributed by atoms with Crippen molar-refractivity contribution in [3.05, 3.63) is 103 Å². The second-order valence-electron chi connectivity index (χ2n) is 9.30. The van der Waals surface area contributed by atoms with Crippen LogP contribution >= 0.6 is 0 Å². The van der Waals surface area contributed by atoms with Gasteiger partial charge in [0.05, 0.1) is 17.1 Å². The minimum atomic E-state index is -0.281. The van der Waals surface area contributed by atoms with Crippen LogP contribution in [0.3, 0.4) is 0 Å². The van der Waals surface area contributed by atoms with E-state index in [4.69, 9.17) is 0 Å². The van der Waals surface area contributed by atoms with Gasteiger partial charge in [0.2, 0.25) is 23.6 Å². The van der Waals surface area contributed by atoms with Gasteiger partial charge in [-0.1, -0.05) is 103 Å². The third kappa shape index (κ3) is 11.4. The molecule has 9 heteroatoms. The Morgan fingerprint density at radius 2 is 0.630 bits per heavy atom. The summed E-state index contributed by atoms with van der Waals surface area (Å²) in [6, 6.07) is 26.9. The van der Waals surface area contributed by atoms with Crippen LogP contribution in [0.25, 0.3) is 0 Å². The Morgan fingerprint density at radius 1 is 0.413 bits per heavy atom. The number of benzene rings is 3. The Balaban J connectivity index is 0.000000314. The number of amides is 6. The molecule has 2 saturated heterocycles. The van der Waals surface area contributed by atoms with Crippen LogP contribution in [0.15, 0.2) is 103 Å². The molecule has 0 atom stereocenters. The van der Waals surface area contributed by atoms with Crippen molar-refractivity contribution in [2.75, 3.05) is 14.7 Å². The van der Waals surface area contributed by atoms with Crippen molar-refractivity contribution in [2.45, 2.75) is 73.6 Å². The summed E-state index contributed by atoms with van der Waals surface area (Å²) < 4.78 is 0. The monoisotopic (exact) mass is 627 g/mol. The first kappa shape index (κ1) is 38.8. The largest absolute Gasteiger partial charge is 0.274 e. The summed E-state index contributed by atoms with van der Waals surface area (Å²) in [5, 5.41) is 0. The molecule has 0 N–H and O–H groups in total. The number of hydrogen-bond acceptors (Lipinski definition) is 6. The van der Waals surface area contributed by atoms with E-state index in [1.807, 2.05) is 70.2 Å². The first-order chi connectivity index (χ1) is 22.3. The van der Waals surface area contributed by atoms with E-state index in [0.717, 1.165) is 4.90 Å². The minimum Gasteiger partial charge on any atom is -0.274 e. The topological polar surface area (TPSA) is 112 Å². The molecule has 0 saturated carbocycles. The van der Waals surface area contributed by atoms with Gasteiger partial charge >= 0.3 is 0 Å². The van der Waals surface area contributed by atoms with Crippen LogP contribution in [-0.4, -0.2) is 35.4 Å². The molecule has 0 aromatic heterocycles. The highest BCUT2D eigenvalue weighted by Crippen LogP contribution is 2.22. The lowest BCUT2D eigenvalue weighted by Gasteiger charge is -2.12. The Labute approximate surface area is 272 Å². The molecule has 3 aliphatic heterocycles. The van der Waals surface area contributed by atoms with E-state index in [1.165, 1.54) is 28.4 Å². The number of para-hydroxylation sites is 3. The summed E-state index contributed by atoms with van der Waals surface area (Å²) in [6.07, 6.45) is 5.16. The van der Waals surface area contributed by atoms with Gasteiger partial charge in [0.15, 0.2) is 0 Å². The van der Waals surface area contributed by atoms with Crippen LogP contribution in [0.1, 0.15) is 73.6 Å². The Kier molecular flexibility index (Phi) is 18.2. The average molecular weight is 628 g/mol. The predicted octanol–water partition coefficient (Wildman–Crippen LogP) is 7.26. The summed E-state index contributed by atoms with van der Waals surface area (Å²) in [7, 11) is 0. The molecule has 3 heterocycles. The quantitative estimate of drug-likeness (QED) is 0.283. The molecule has 9 nitrogen and oxygen atoms in total. The first-order valence-electron chi connectivity index (χ1n) is 15.7. The molecular weight excluding hydrogens is 582 g/mol. The lowest BCUT2D eigenvalue weighted by Crippen LogP contribution is -2.29. The molecular formula is C37H45N3O6. The average Bonchev–Trinajstić information content (AvgIpc) is 3.74. The molecule has 3 aliphatic rings. The van der Waals surface area contributed by atoms with Gasteiger partial charge in [0.25, 0.3) is 11.8 Å². The number of anilines is 3. The van der Waals surface area contributed by atoms with Gasteiger partial charge in [-0.15, -0.1) is 0 Å². The highest BCUT2D eigenvalue weighted by atomic mass is 16.2. The predicted molar refractivity (Wildman–Crippen MR) is 183 cm³/mol. The van der Waals surface area contributed by atoms with Crippen molar-refractivity contribution in [1.29, 1.82) is 0 Å². The molecule has 244 valence electrons. The fourth-order valence-corrected chi connectivity index (χ4v) is 4.12. The Morgan fingerprint density at radius 3 is 0.870 bits per heavy atom. The number of nitrogens with zero attached hydrogens (tertiary/aromatic N) is 3. The van der Waals surface area contributed by atoms with Crippen LogP contribution in [0.5, 0.6) is 0 Å². The van der Waals surface area contributed by atoms with E-state index in [-0.39, 0.29) is 35.4 Å². The summed E-state index contributed by atoms with van der Waals surface area (Å²) in [5.74, 6) is -0.966. The van der Waals surface area contributed by atoms with Crippen molar-refractivity contribution < 1.29 is 28.8 Å². The van der Waals surface area contributed by atoms with Crippen molar-refractivity contribution in [1.82, 2.24) is 0 Å². The molecule has 46 heavy (non-hydrogen) atoms. The lowest BCUT2D eigenvalue weighted by atomic mass is 10.3. The van der Waals surface area contributed by atoms with E-state index < -0.39 is 0 Å². The van der Waals surface area contributed by atoms with Crippen LogP contribution in [-0.2, 0) is 28.8 Å². The maximum atomic E-state index is 11.3. The minimum absolute atomic E-state index is 0.101. The SMILES string of the molecule is CC.CC.CCC.O=C1C=CC(=O)N1c1ccccc1.O=C1CCC(=O)N1c1ccccc1.O=C1CCC(=O)N1c1ccccc1. The van der Waals surface area contributed by atoms with Crippen LogP contribution < -0.4 is 14.7 Å². The van der Waals surface area contributed by atoms with E-state index >= 15 is 0 Å². The molecule has 6 rings (SSSR count). The van der Waals surface area contributed by atoms with E-state index in [1.54, 1.807) is 48.5 Å². The number of hydrogen-bond donors (Lipinski definition) is 0. The van der Waals surface area contributed by atoms with E-state index in [2.05, 4.69) is 13.8 Å². The van der Waals surface area contributed by atoms with Gasteiger partial charge < -0.3 is 0 Å². The molecule has 6 amide bonds. The second kappa shape index (κ2) is 21.5. The highest BCUT2D eigenvalue weighted by molar-refractivity contribution is 6.28. The molecule has 0 bridgehead atoms. The molecule has 2 fully saturated rings. The van der Waals surface area contributed by atoms with Crippen molar-refractivity contribution in [3.8, 4) is 0 Å². The van der Waals surface area contributed by atoms with Crippen LogP contribution in [0.4, 0.5) is 17.1 Å². The fraction of sp³-hybridized carbons (Fsp3) is 0.297. The summed E-state index contributed by atoms with van der Waals surface area (Å²) >= 11 is 0. The molecule has 3 aromatic carbocycles. The van der Waals surface area contributed by atoms with Gasteiger partial charge in [-0.05, 0) is 36.4 Å². The fourth-order valence-electron chi connectivity index (χ4n) is 4.12. The van der Waals surface area contributed by atoms with E-state index in [9.17, 15) is 28.8 Å². The lowest BCUT2D eigenvalue weighted by molar-refractivity contribution is -0.122. The maximum absolute atomic E-state index is 11.3. The molecule has 0 aliphatic carbocycles. The van der Waals surface area contributed by atoms with Gasteiger partial charge in [0.1, 0.15) is 0 Å². The molecule has 3 aromatic rings. The number of carbonyl (C=O) groups is 6. The highest BCUT2D eigenvalue weighted by Gasteiger charge is 2.30. The summed E-state index contributed by atoms with van der Waals surface area (Å²) in [6.45, 7) is 12.2. The zero-order valence-corrected chi connectivity index (χ0v) is 27.6. The standard InChI is InChI=1S/2C10H9NO2.C10H7NO2.C3H8.2C2H6/c3*12-9-6-7-10(13)11(9)8-4-2-1-3-5-8;1-3-2;2*1-2/h2*1-5H,6-7H2;1-7H;3H2,1-2H3;2*1-2H3. The van der Waals surface area contributed by atoms with Gasteiger partial charge in [-0.25, -0.2) is 4.90 Å². The maximum Gasteiger partial charge on any atom is 0.258 e. The zero-order chi connectivity index (χ0) is 34.5. The Hall–Kier alpha value is -5.18. The Bertz CT molecular complexity index is 1270. The van der Waals surface area contributed by atoms with E-state index in [0.29, 0.717) is 42.7 Å². The third-order valence-electron chi connectivity index (χ3n) is 5.96. The first-order valence-corrected chi connectivity index (χ1v) is 15.7. The molecule has 0 radical (unpaired) electrons. The number of imide groups is 3. The zero-order valence-electron chi connectivity index (χ0n) is 27.6. The van der Waals surface area contributed by atoms with Gasteiger partial charge in [0, 0.05) is 37.8 Å². The smallest absolute Gasteiger partial charge is 0.258 e. The summed E-state index contributed by atoms with van der Waals surface area (Å²) in [5.41, 5.74) is 1.97. The van der Waals surface area contributed by atoms with Crippen molar-refractivity contribution >= 4 is 52.5 Å². The molecule has 0 unspecified atom stereocenters. The third-order valence-corrected chi connectivity index (χ3v) is 5.96. The van der Waals surface area contributed by atoms with Crippen molar-refractivity contribution in [2.24, 2.45) is 0 Å². The normalized spacial score (nSPS) is 14.5. The van der Waals surface area contributed by atoms with Crippen molar-refractivity contribution in [3.63, 3.8) is 0 Å². The van der Waals surface area contributed by atoms with Crippen LogP contribution in [0, 0.1) is 0 Å². The molecule has 0 spiro atoms. The number of carbonyl (C=O) groups excluding carboxylic acids is 6. The summed E-state index contributed by atoms with van der Waals surface area (Å²) in [4.78, 5) is 71.2. The van der Waals surface area contributed by atoms with Gasteiger partial charge in [-0.2, -0.15) is 0 Å². The number of rotatable bonds is 3. The van der Waals surface area contributed by atoms with Gasteiger partial charge in [-0.3, -0.25) is 38.6 Å². The second-order valence-corrected chi connectivity index (χ2v) is 9.30.